The maximum Gasteiger partial charge on any atom is 0.263 e. The molecule has 1 fully saturated rings. The van der Waals surface area contributed by atoms with Crippen molar-refractivity contribution in [2.45, 2.75) is 25.5 Å². The van der Waals surface area contributed by atoms with E-state index in [0.29, 0.717) is 30.3 Å². The molecule has 0 N–H and O–H groups in total. The van der Waals surface area contributed by atoms with Crippen molar-refractivity contribution in [3.05, 3.63) is 101 Å². The smallest absolute Gasteiger partial charge is 0.263 e. The van der Waals surface area contributed by atoms with Gasteiger partial charge in [-0.2, -0.15) is 0 Å². The number of halogens is 1. The Balaban J connectivity index is 1.45. The third kappa shape index (κ3) is 5.14. The second-order valence-corrected chi connectivity index (χ2v) is 8.44. The molecule has 3 aromatic carbocycles. The van der Waals surface area contributed by atoms with Crippen molar-refractivity contribution >= 4 is 17.5 Å². The average molecular weight is 449 g/mol. The van der Waals surface area contributed by atoms with Crippen LogP contribution in [0.5, 0.6) is 5.75 Å². The lowest BCUT2D eigenvalue weighted by molar-refractivity contribution is -0.140. The first-order valence-corrected chi connectivity index (χ1v) is 11.6. The third-order valence-corrected chi connectivity index (χ3v) is 6.29. The van der Waals surface area contributed by atoms with Gasteiger partial charge < -0.3 is 9.64 Å². The van der Waals surface area contributed by atoms with Crippen LogP contribution in [-0.4, -0.2) is 48.0 Å². The van der Waals surface area contributed by atoms with Gasteiger partial charge in [0.1, 0.15) is 5.75 Å². The van der Waals surface area contributed by atoms with Crippen LogP contribution in [0.3, 0.4) is 0 Å². The Morgan fingerprint density at radius 2 is 1.38 bits per heavy atom. The van der Waals surface area contributed by atoms with Crippen LogP contribution in [0, 0.1) is 0 Å². The van der Waals surface area contributed by atoms with Gasteiger partial charge in [0.2, 0.25) is 0 Å². The van der Waals surface area contributed by atoms with Crippen molar-refractivity contribution < 1.29 is 9.53 Å². The van der Waals surface area contributed by atoms with E-state index in [1.807, 2.05) is 36.1 Å². The topological polar surface area (TPSA) is 32.8 Å². The predicted molar refractivity (Wildman–Crippen MR) is 129 cm³/mol. The molecule has 0 unspecified atom stereocenters. The minimum absolute atomic E-state index is 0.0306. The van der Waals surface area contributed by atoms with Crippen LogP contribution in [0.1, 0.15) is 30.5 Å². The van der Waals surface area contributed by atoms with Crippen LogP contribution < -0.4 is 4.74 Å². The average Bonchev–Trinajstić information content (AvgIpc) is 2.85. The molecule has 1 aliphatic rings. The summed E-state index contributed by atoms with van der Waals surface area (Å²) in [6, 6.07) is 28.6. The normalized spacial score (nSPS) is 15.5. The van der Waals surface area contributed by atoms with Gasteiger partial charge in [0.05, 0.1) is 11.1 Å². The zero-order valence-electron chi connectivity index (χ0n) is 18.4. The Bertz CT molecular complexity index is 965. The first kappa shape index (κ1) is 22.4. The predicted octanol–water partition coefficient (Wildman–Crippen LogP) is 5.43. The molecule has 0 aromatic heterocycles. The largest absolute Gasteiger partial charge is 0.479 e. The first-order chi connectivity index (χ1) is 15.7. The summed E-state index contributed by atoms with van der Waals surface area (Å²) in [5, 5.41) is 0.525. The molecule has 0 aliphatic carbocycles. The van der Waals surface area contributed by atoms with E-state index in [1.165, 1.54) is 11.1 Å². The number of carbonyl (C=O) groups is 1. The lowest BCUT2D eigenvalue weighted by Crippen LogP contribution is -2.53. The number of rotatable bonds is 7. The van der Waals surface area contributed by atoms with Gasteiger partial charge in [-0.3, -0.25) is 9.69 Å². The first-order valence-electron chi connectivity index (χ1n) is 11.2. The Kier molecular flexibility index (Phi) is 7.46. The molecule has 0 saturated carbocycles. The molecule has 1 atom stereocenters. The maximum atomic E-state index is 13.2. The third-order valence-electron chi connectivity index (χ3n) is 5.97. The Morgan fingerprint density at radius 1 is 0.844 bits per heavy atom. The second kappa shape index (κ2) is 10.7. The number of para-hydroxylation sites is 1. The molecule has 0 bridgehead atoms. The van der Waals surface area contributed by atoms with Gasteiger partial charge in [-0.25, -0.2) is 0 Å². The number of nitrogens with zero attached hydrogens (tertiary/aromatic N) is 2. The van der Waals surface area contributed by atoms with Gasteiger partial charge in [0.25, 0.3) is 5.91 Å². The molecule has 166 valence electrons. The van der Waals surface area contributed by atoms with E-state index in [1.54, 1.807) is 12.1 Å². The van der Waals surface area contributed by atoms with Crippen LogP contribution >= 0.6 is 11.6 Å². The quantitative estimate of drug-likeness (QED) is 0.483. The molecular weight excluding hydrogens is 420 g/mol. The molecule has 1 aliphatic heterocycles. The number of piperazine rings is 1. The molecule has 1 heterocycles. The SMILES string of the molecule is CC[C@@H](Oc1ccccc1Cl)C(=O)N1CCN(C(c2ccccc2)c2ccccc2)CC1. The number of carbonyl (C=O) groups excluding carboxylic acids is 1. The Morgan fingerprint density at radius 3 is 1.91 bits per heavy atom. The summed E-state index contributed by atoms with van der Waals surface area (Å²) < 4.78 is 5.99. The van der Waals surface area contributed by atoms with E-state index in [2.05, 4.69) is 53.4 Å². The molecule has 4 rings (SSSR count). The van der Waals surface area contributed by atoms with Crippen LogP contribution in [0.4, 0.5) is 0 Å². The summed E-state index contributed by atoms with van der Waals surface area (Å²) >= 11 is 6.23. The molecule has 4 nitrogen and oxygen atoms in total. The molecular formula is C27H29ClN2O2. The fraction of sp³-hybridized carbons (Fsp3) is 0.296. The lowest BCUT2D eigenvalue weighted by atomic mass is 9.96. The highest BCUT2D eigenvalue weighted by molar-refractivity contribution is 6.32. The van der Waals surface area contributed by atoms with Gasteiger partial charge in [-0.15, -0.1) is 0 Å². The van der Waals surface area contributed by atoms with Crippen molar-refractivity contribution in [1.82, 2.24) is 9.80 Å². The molecule has 3 aromatic rings. The number of benzene rings is 3. The fourth-order valence-corrected chi connectivity index (χ4v) is 4.47. The van der Waals surface area contributed by atoms with E-state index in [-0.39, 0.29) is 11.9 Å². The van der Waals surface area contributed by atoms with Gasteiger partial charge in [0.15, 0.2) is 6.10 Å². The van der Waals surface area contributed by atoms with E-state index in [9.17, 15) is 4.79 Å². The number of hydrogen-bond donors (Lipinski definition) is 0. The van der Waals surface area contributed by atoms with Gasteiger partial charge in [-0.05, 0) is 29.7 Å². The van der Waals surface area contributed by atoms with Gasteiger partial charge >= 0.3 is 0 Å². The molecule has 0 spiro atoms. The van der Waals surface area contributed by atoms with E-state index >= 15 is 0 Å². The van der Waals surface area contributed by atoms with Crippen LogP contribution in [0.2, 0.25) is 5.02 Å². The van der Waals surface area contributed by atoms with Crippen molar-refractivity contribution in [2.24, 2.45) is 0 Å². The Hall–Kier alpha value is -2.82. The van der Waals surface area contributed by atoms with Crippen LogP contribution in [0.15, 0.2) is 84.9 Å². The fourth-order valence-electron chi connectivity index (χ4n) is 4.29. The monoisotopic (exact) mass is 448 g/mol. The van der Waals surface area contributed by atoms with Crippen LogP contribution in [0.25, 0.3) is 0 Å². The minimum atomic E-state index is -0.527. The molecule has 5 heteroatoms. The minimum Gasteiger partial charge on any atom is -0.479 e. The van der Waals surface area contributed by atoms with E-state index in [0.717, 1.165) is 13.1 Å². The van der Waals surface area contributed by atoms with E-state index < -0.39 is 6.10 Å². The number of amides is 1. The number of ether oxygens (including phenoxy) is 1. The second-order valence-electron chi connectivity index (χ2n) is 8.03. The summed E-state index contributed by atoms with van der Waals surface area (Å²) in [4.78, 5) is 17.6. The summed E-state index contributed by atoms with van der Waals surface area (Å²) in [6.07, 6.45) is 0.0708. The summed E-state index contributed by atoms with van der Waals surface area (Å²) in [7, 11) is 0. The summed E-state index contributed by atoms with van der Waals surface area (Å²) in [6.45, 7) is 4.94. The lowest BCUT2D eigenvalue weighted by Gasteiger charge is -2.40. The van der Waals surface area contributed by atoms with Crippen molar-refractivity contribution in [1.29, 1.82) is 0 Å². The zero-order valence-corrected chi connectivity index (χ0v) is 19.1. The van der Waals surface area contributed by atoms with Crippen molar-refractivity contribution in [3.8, 4) is 5.75 Å². The van der Waals surface area contributed by atoms with Gasteiger partial charge in [-0.1, -0.05) is 91.3 Å². The summed E-state index contributed by atoms with van der Waals surface area (Å²) in [5.41, 5.74) is 2.54. The van der Waals surface area contributed by atoms with Gasteiger partial charge in [0, 0.05) is 26.2 Å². The van der Waals surface area contributed by atoms with Crippen LogP contribution in [-0.2, 0) is 4.79 Å². The highest BCUT2D eigenvalue weighted by Crippen LogP contribution is 2.30. The molecule has 0 radical (unpaired) electrons. The Labute approximate surface area is 195 Å². The number of hydrogen-bond acceptors (Lipinski definition) is 3. The zero-order chi connectivity index (χ0) is 22.3. The van der Waals surface area contributed by atoms with Crippen molar-refractivity contribution in [3.63, 3.8) is 0 Å². The summed E-state index contributed by atoms with van der Waals surface area (Å²) in [5.74, 6) is 0.587. The molecule has 32 heavy (non-hydrogen) atoms. The molecule has 1 saturated heterocycles. The highest BCUT2D eigenvalue weighted by atomic mass is 35.5. The van der Waals surface area contributed by atoms with Crippen molar-refractivity contribution in [2.75, 3.05) is 26.2 Å². The molecule has 1 amide bonds. The maximum absolute atomic E-state index is 13.2. The highest BCUT2D eigenvalue weighted by Gasteiger charge is 2.31. The standard InChI is InChI=1S/C27H29ClN2O2/c1-2-24(32-25-16-10-9-15-23(25)28)27(31)30-19-17-29(18-20-30)26(21-11-5-3-6-12-21)22-13-7-4-8-14-22/h3-16,24,26H,2,17-20H2,1H3/t24-/m1/s1. The van der Waals surface area contributed by atoms with E-state index in [4.69, 9.17) is 16.3 Å².